The molecule has 0 spiro atoms. The first-order valence-corrected chi connectivity index (χ1v) is 5.69. The number of carbonyl (C=O) groups is 3. The van der Waals surface area contributed by atoms with Crippen molar-refractivity contribution in [2.45, 2.75) is 12.5 Å². The Kier molecular flexibility index (Phi) is 5.47. The van der Waals surface area contributed by atoms with Crippen LogP contribution < -0.4 is 15.4 Å². The van der Waals surface area contributed by atoms with Crippen LogP contribution in [0.5, 0.6) is 5.75 Å². The maximum absolute atomic E-state index is 13.2. The first-order valence-electron chi connectivity index (χ1n) is 5.69. The molecule has 4 N–H and O–H groups in total. The largest absolute Gasteiger partial charge is 0.494 e. The number of urea groups is 1. The van der Waals surface area contributed by atoms with Gasteiger partial charge in [0.15, 0.2) is 11.6 Å². The summed E-state index contributed by atoms with van der Waals surface area (Å²) < 4.78 is 17.9. The molecule has 0 unspecified atom stereocenters. The predicted octanol–water partition coefficient (Wildman–Crippen LogP) is 0.884. The van der Waals surface area contributed by atoms with Crippen molar-refractivity contribution in [1.82, 2.24) is 5.32 Å². The van der Waals surface area contributed by atoms with Gasteiger partial charge in [0, 0.05) is 11.8 Å². The molecule has 0 saturated carbocycles. The van der Waals surface area contributed by atoms with E-state index in [1.54, 1.807) is 0 Å². The summed E-state index contributed by atoms with van der Waals surface area (Å²) in [6.45, 7) is 0. The second-order valence-electron chi connectivity index (χ2n) is 3.94. The minimum atomic E-state index is -1.58. The number of carboxylic acid groups (broad SMARTS) is 2. The first-order chi connectivity index (χ1) is 9.83. The lowest BCUT2D eigenvalue weighted by molar-refractivity contribution is -0.145. The third-order valence-electron chi connectivity index (χ3n) is 2.39. The molecule has 0 saturated heterocycles. The Morgan fingerprint density at radius 2 is 2.00 bits per heavy atom. The zero-order chi connectivity index (χ0) is 16.0. The summed E-state index contributed by atoms with van der Waals surface area (Å²) in [5.41, 5.74) is 0.158. The predicted molar refractivity (Wildman–Crippen MR) is 68.8 cm³/mol. The molecular weight excluding hydrogens is 287 g/mol. The molecule has 0 aromatic heterocycles. The summed E-state index contributed by atoms with van der Waals surface area (Å²) in [7, 11) is 1.25. The van der Waals surface area contributed by atoms with E-state index in [1.807, 2.05) is 5.32 Å². The Balaban J connectivity index is 2.72. The number of halogens is 1. The lowest BCUT2D eigenvalue weighted by atomic mass is 10.2. The van der Waals surface area contributed by atoms with Gasteiger partial charge in [-0.25, -0.2) is 14.0 Å². The Bertz CT molecular complexity index is 563. The molecule has 2 amide bonds. The SMILES string of the molecule is COc1cc(NC(=O)N[C@@H](CC(=O)O)C(=O)O)ccc1F. The van der Waals surface area contributed by atoms with E-state index in [0.29, 0.717) is 0 Å². The van der Waals surface area contributed by atoms with Crippen LogP contribution in [0.1, 0.15) is 6.42 Å². The first kappa shape index (κ1) is 16.2. The Morgan fingerprint density at radius 3 is 2.52 bits per heavy atom. The van der Waals surface area contributed by atoms with Crippen molar-refractivity contribution in [1.29, 1.82) is 0 Å². The molecule has 1 aromatic carbocycles. The zero-order valence-electron chi connectivity index (χ0n) is 10.9. The van der Waals surface area contributed by atoms with Gasteiger partial charge in [0.05, 0.1) is 13.5 Å². The molecule has 1 rings (SSSR count). The monoisotopic (exact) mass is 300 g/mol. The number of hydrogen-bond donors (Lipinski definition) is 4. The summed E-state index contributed by atoms with van der Waals surface area (Å²) in [6.07, 6.45) is -0.768. The highest BCUT2D eigenvalue weighted by molar-refractivity contribution is 5.93. The molecule has 0 fully saturated rings. The van der Waals surface area contributed by atoms with Crippen LogP contribution in [0.2, 0.25) is 0 Å². The molecule has 21 heavy (non-hydrogen) atoms. The van der Waals surface area contributed by atoms with Crippen LogP contribution in [-0.2, 0) is 9.59 Å². The lowest BCUT2D eigenvalue weighted by Crippen LogP contribution is -2.44. The average Bonchev–Trinajstić information content (AvgIpc) is 2.39. The second-order valence-corrected chi connectivity index (χ2v) is 3.94. The molecule has 8 nitrogen and oxygen atoms in total. The van der Waals surface area contributed by atoms with Crippen molar-refractivity contribution in [2.75, 3.05) is 12.4 Å². The lowest BCUT2D eigenvalue weighted by Gasteiger charge is -2.13. The van der Waals surface area contributed by atoms with E-state index in [2.05, 4.69) is 5.32 Å². The van der Waals surface area contributed by atoms with Gasteiger partial charge in [-0.3, -0.25) is 4.79 Å². The van der Waals surface area contributed by atoms with E-state index in [0.717, 1.165) is 6.07 Å². The van der Waals surface area contributed by atoms with Crippen LogP contribution in [0, 0.1) is 5.82 Å². The standard InChI is InChI=1S/C12H13FN2O6/c1-21-9-4-6(2-3-7(9)13)14-12(20)15-8(11(18)19)5-10(16)17/h2-4,8H,5H2,1H3,(H,16,17)(H,18,19)(H2,14,15,20)/t8-/m0/s1. The molecule has 0 heterocycles. The molecule has 0 radical (unpaired) electrons. The number of anilines is 1. The maximum Gasteiger partial charge on any atom is 0.326 e. The van der Waals surface area contributed by atoms with E-state index in [4.69, 9.17) is 14.9 Å². The van der Waals surface area contributed by atoms with Crippen LogP contribution in [0.4, 0.5) is 14.9 Å². The highest BCUT2D eigenvalue weighted by Crippen LogP contribution is 2.21. The molecule has 114 valence electrons. The molecule has 0 aliphatic carbocycles. The summed E-state index contributed by atoms with van der Waals surface area (Å²) >= 11 is 0. The summed E-state index contributed by atoms with van der Waals surface area (Å²) in [5.74, 6) is -3.58. The van der Waals surface area contributed by atoms with Gasteiger partial charge in [-0.15, -0.1) is 0 Å². The van der Waals surface area contributed by atoms with Gasteiger partial charge in [-0.05, 0) is 12.1 Å². The van der Waals surface area contributed by atoms with Crippen molar-refractivity contribution in [3.8, 4) is 5.75 Å². The number of methoxy groups -OCH3 is 1. The van der Waals surface area contributed by atoms with E-state index in [-0.39, 0.29) is 11.4 Å². The minimum absolute atomic E-state index is 0.104. The van der Waals surface area contributed by atoms with Crippen molar-refractivity contribution in [2.24, 2.45) is 0 Å². The van der Waals surface area contributed by atoms with Gasteiger partial charge in [0.2, 0.25) is 0 Å². The fourth-order valence-electron chi connectivity index (χ4n) is 1.44. The summed E-state index contributed by atoms with van der Waals surface area (Å²) in [6, 6.07) is 0.981. The normalized spacial score (nSPS) is 11.3. The summed E-state index contributed by atoms with van der Waals surface area (Å²) in [5, 5.41) is 21.6. The average molecular weight is 300 g/mol. The van der Waals surface area contributed by atoms with Gasteiger partial charge >= 0.3 is 18.0 Å². The van der Waals surface area contributed by atoms with Crippen LogP contribution in [-0.4, -0.2) is 41.3 Å². The summed E-state index contributed by atoms with van der Waals surface area (Å²) in [4.78, 5) is 32.9. The highest BCUT2D eigenvalue weighted by atomic mass is 19.1. The number of carbonyl (C=O) groups excluding carboxylic acids is 1. The molecule has 0 aliphatic heterocycles. The maximum atomic E-state index is 13.2. The fourth-order valence-corrected chi connectivity index (χ4v) is 1.44. The number of aliphatic carboxylic acids is 2. The highest BCUT2D eigenvalue weighted by Gasteiger charge is 2.23. The van der Waals surface area contributed by atoms with Crippen LogP contribution in [0.25, 0.3) is 0 Å². The van der Waals surface area contributed by atoms with Crippen molar-refractivity contribution >= 4 is 23.7 Å². The topological polar surface area (TPSA) is 125 Å². The van der Waals surface area contributed by atoms with E-state index in [9.17, 15) is 18.8 Å². The molecule has 9 heteroatoms. The van der Waals surface area contributed by atoms with Gasteiger partial charge in [0.25, 0.3) is 0 Å². The number of benzene rings is 1. The minimum Gasteiger partial charge on any atom is -0.494 e. The van der Waals surface area contributed by atoms with Crippen LogP contribution in [0.15, 0.2) is 18.2 Å². The molecule has 0 aliphatic rings. The number of carboxylic acids is 2. The van der Waals surface area contributed by atoms with Crippen LogP contribution >= 0.6 is 0 Å². The van der Waals surface area contributed by atoms with Crippen molar-refractivity contribution < 1.29 is 33.7 Å². The molecule has 1 atom stereocenters. The molecule has 1 aromatic rings. The van der Waals surface area contributed by atoms with Crippen LogP contribution in [0.3, 0.4) is 0 Å². The van der Waals surface area contributed by atoms with Gasteiger partial charge in [-0.2, -0.15) is 0 Å². The smallest absolute Gasteiger partial charge is 0.326 e. The number of ether oxygens (including phenoxy) is 1. The van der Waals surface area contributed by atoms with E-state index >= 15 is 0 Å². The fraction of sp³-hybridized carbons (Fsp3) is 0.250. The number of amides is 2. The van der Waals surface area contributed by atoms with Gasteiger partial charge in [0.1, 0.15) is 6.04 Å². The molecular formula is C12H13FN2O6. The van der Waals surface area contributed by atoms with Crippen molar-refractivity contribution in [3.05, 3.63) is 24.0 Å². The Hall–Kier alpha value is -2.84. The number of hydrogen-bond acceptors (Lipinski definition) is 4. The third-order valence-corrected chi connectivity index (χ3v) is 2.39. The van der Waals surface area contributed by atoms with E-state index in [1.165, 1.54) is 19.2 Å². The van der Waals surface area contributed by atoms with Gasteiger partial charge in [-0.1, -0.05) is 0 Å². The van der Waals surface area contributed by atoms with Crippen molar-refractivity contribution in [3.63, 3.8) is 0 Å². The quantitative estimate of drug-likeness (QED) is 0.618. The zero-order valence-corrected chi connectivity index (χ0v) is 10.9. The Labute approximate surface area is 118 Å². The van der Waals surface area contributed by atoms with Gasteiger partial charge < -0.3 is 25.6 Å². The Morgan fingerprint density at radius 1 is 1.33 bits per heavy atom. The number of rotatable bonds is 6. The third kappa shape index (κ3) is 4.97. The van der Waals surface area contributed by atoms with E-state index < -0.39 is 36.2 Å². The number of nitrogens with one attached hydrogen (secondary N) is 2. The second kappa shape index (κ2) is 7.08. The molecule has 0 bridgehead atoms.